The van der Waals surface area contributed by atoms with Gasteiger partial charge in [-0.25, -0.2) is 9.59 Å². The number of aryl methyl sites for hydroxylation is 1. The highest BCUT2D eigenvalue weighted by molar-refractivity contribution is 6.05. The van der Waals surface area contributed by atoms with Crippen LogP contribution in [0.1, 0.15) is 56.1 Å². The van der Waals surface area contributed by atoms with E-state index in [2.05, 4.69) is 15.5 Å². The van der Waals surface area contributed by atoms with E-state index in [0.717, 1.165) is 11.1 Å². The summed E-state index contributed by atoms with van der Waals surface area (Å²) in [6.07, 6.45) is 0.766. The highest BCUT2D eigenvalue weighted by Crippen LogP contribution is 2.30. The normalized spacial score (nSPS) is 22.6. The molecule has 0 spiro atoms. The zero-order chi connectivity index (χ0) is 26.2. The van der Waals surface area contributed by atoms with Gasteiger partial charge in [-0.05, 0) is 59.1 Å². The second kappa shape index (κ2) is 9.79. The lowest BCUT2D eigenvalue weighted by atomic mass is 10.1. The molecule has 3 amide bonds. The first-order valence-electron chi connectivity index (χ1n) is 12.1. The standard InChI is InChI=1S/C25H33N5O6/c1-14-6-8-17-16(12-14)20(28-27-17)22(32)29-11-10-15-7-9-19(23(33)35-5)30(15)21(31)18(13-29)26-24(34)36-25(2,3)4/h6,8,12,15,18-19H,7,9-11,13H2,1-5H3,(H,26,34)(H,27,28)/t15-,18+,19+/m1/s1. The Morgan fingerprint density at radius 1 is 1.17 bits per heavy atom. The Labute approximate surface area is 209 Å². The maximum Gasteiger partial charge on any atom is 0.408 e. The van der Waals surface area contributed by atoms with E-state index < -0.39 is 35.7 Å². The third-order valence-corrected chi connectivity index (χ3v) is 6.56. The van der Waals surface area contributed by atoms with E-state index in [0.29, 0.717) is 31.2 Å². The minimum Gasteiger partial charge on any atom is -0.467 e. The number of alkyl carbamates (subject to hydrolysis) is 1. The zero-order valence-electron chi connectivity index (χ0n) is 21.3. The Hall–Kier alpha value is -3.63. The molecule has 0 aliphatic carbocycles. The predicted octanol–water partition coefficient (Wildman–Crippen LogP) is 2.14. The van der Waals surface area contributed by atoms with Crippen molar-refractivity contribution in [2.45, 2.75) is 70.7 Å². The number of aromatic amines is 1. The maximum absolute atomic E-state index is 13.7. The summed E-state index contributed by atoms with van der Waals surface area (Å²) in [5, 5.41) is 10.5. The van der Waals surface area contributed by atoms with E-state index >= 15 is 0 Å². The van der Waals surface area contributed by atoms with Crippen molar-refractivity contribution in [2.75, 3.05) is 20.2 Å². The highest BCUT2D eigenvalue weighted by Gasteiger charge is 2.46. The predicted molar refractivity (Wildman–Crippen MR) is 130 cm³/mol. The number of hydrogen-bond donors (Lipinski definition) is 2. The molecule has 194 valence electrons. The Kier molecular flexibility index (Phi) is 6.92. The Balaban J connectivity index is 1.65. The van der Waals surface area contributed by atoms with Gasteiger partial charge in [0.15, 0.2) is 5.69 Å². The van der Waals surface area contributed by atoms with E-state index in [1.807, 2.05) is 25.1 Å². The fourth-order valence-electron chi connectivity index (χ4n) is 4.92. The van der Waals surface area contributed by atoms with E-state index in [4.69, 9.17) is 9.47 Å². The molecule has 3 atom stereocenters. The lowest BCUT2D eigenvalue weighted by Crippen LogP contribution is -2.60. The number of aromatic nitrogens is 2. The van der Waals surface area contributed by atoms with Crippen LogP contribution in [0.15, 0.2) is 18.2 Å². The summed E-state index contributed by atoms with van der Waals surface area (Å²) in [6.45, 7) is 7.33. The summed E-state index contributed by atoms with van der Waals surface area (Å²) < 4.78 is 10.3. The van der Waals surface area contributed by atoms with Gasteiger partial charge in [-0.3, -0.25) is 14.7 Å². The number of fused-ring (bicyclic) bond motifs is 2. The van der Waals surface area contributed by atoms with Crippen LogP contribution in [-0.4, -0.2) is 87.8 Å². The molecule has 2 aliphatic heterocycles. The molecule has 1 aromatic carbocycles. The molecule has 4 rings (SSSR count). The molecule has 3 heterocycles. The van der Waals surface area contributed by atoms with Gasteiger partial charge in [0, 0.05) is 18.0 Å². The first-order chi connectivity index (χ1) is 17.0. The van der Waals surface area contributed by atoms with Crippen LogP contribution in [0.2, 0.25) is 0 Å². The fourth-order valence-corrected chi connectivity index (χ4v) is 4.92. The lowest BCUT2D eigenvalue weighted by molar-refractivity contribution is -0.153. The van der Waals surface area contributed by atoms with Crippen molar-refractivity contribution in [2.24, 2.45) is 0 Å². The van der Waals surface area contributed by atoms with Gasteiger partial charge in [0.25, 0.3) is 5.91 Å². The summed E-state index contributed by atoms with van der Waals surface area (Å²) in [6, 6.07) is 3.58. The summed E-state index contributed by atoms with van der Waals surface area (Å²) in [7, 11) is 1.29. The molecule has 11 nitrogen and oxygen atoms in total. The van der Waals surface area contributed by atoms with Crippen molar-refractivity contribution < 1.29 is 28.7 Å². The van der Waals surface area contributed by atoms with E-state index in [1.54, 1.807) is 25.7 Å². The number of nitrogens with one attached hydrogen (secondary N) is 2. The zero-order valence-corrected chi connectivity index (χ0v) is 21.3. The van der Waals surface area contributed by atoms with Crippen molar-refractivity contribution in [3.8, 4) is 0 Å². The van der Waals surface area contributed by atoms with Gasteiger partial charge in [-0.1, -0.05) is 11.6 Å². The smallest absolute Gasteiger partial charge is 0.408 e. The average molecular weight is 500 g/mol. The molecular formula is C25H33N5O6. The molecule has 36 heavy (non-hydrogen) atoms. The number of H-pyrrole nitrogens is 1. The number of carbonyl (C=O) groups excluding carboxylic acids is 4. The second-order valence-electron chi connectivity index (χ2n) is 10.4. The van der Waals surface area contributed by atoms with Crippen LogP contribution in [-0.2, 0) is 19.1 Å². The van der Waals surface area contributed by atoms with Crippen LogP contribution in [0.25, 0.3) is 10.9 Å². The first-order valence-corrected chi connectivity index (χ1v) is 12.1. The van der Waals surface area contributed by atoms with Gasteiger partial charge >= 0.3 is 12.1 Å². The third kappa shape index (κ3) is 5.14. The highest BCUT2D eigenvalue weighted by atomic mass is 16.6. The second-order valence-corrected chi connectivity index (χ2v) is 10.4. The quantitative estimate of drug-likeness (QED) is 0.618. The average Bonchev–Trinajstić information content (AvgIpc) is 3.41. The molecule has 0 radical (unpaired) electrons. The molecule has 11 heteroatoms. The van der Waals surface area contributed by atoms with E-state index in [1.165, 1.54) is 12.0 Å². The Bertz CT molecular complexity index is 1190. The number of ether oxygens (including phenoxy) is 2. The van der Waals surface area contributed by atoms with Gasteiger partial charge in [0.2, 0.25) is 5.91 Å². The van der Waals surface area contributed by atoms with Crippen LogP contribution >= 0.6 is 0 Å². The molecule has 2 aromatic rings. The van der Waals surface area contributed by atoms with Crippen LogP contribution in [0.5, 0.6) is 0 Å². The lowest BCUT2D eigenvalue weighted by Gasteiger charge is -2.38. The van der Waals surface area contributed by atoms with Crippen LogP contribution in [0.3, 0.4) is 0 Å². The number of esters is 1. The number of amides is 3. The SMILES string of the molecule is COC(=O)[C@@H]1CC[C@@H]2CCN(C(=O)c3n[nH]c4ccc(C)cc34)C[C@H](NC(=O)OC(C)(C)C)C(=O)N21. The van der Waals surface area contributed by atoms with Gasteiger partial charge < -0.3 is 24.6 Å². The number of hydrogen-bond acceptors (Lipinski definition) is 7. The monoisotopic (exact) mass is 499 g/mol. The number of benzene rings is 1. The minimum atomic E-state index is -1.11. The fraction of sp³-hybridized carbons (Fsp3) is 0.560. The molecular weight excluding hydrogens is 466 g/mol. The number of rotatable bonds is 3. The molecule has 2 aliphatic rings. The molecule has 2 N–H and O–H groups in total. The number of carbonyl (C=O) groups is 4. The van der Waals surface area contributed by atoms with Crippen molar-refractivity contribution in [3.05, 3.63) is 29.5 Å². The van der Waals surface area contributed by atoms with Gasteiger partial charge in [-0.15, -0.1) is 0 Å². The molecule has 2 fully saturated rings. The van der Waals surface area contributed by atoms with Gasteiger partial charge in [0.05, 0.1) is 19.2 Å². The first kappa shape index (κ1) is 25.5. The summed E-state index contributed by atoms with van der Waals surface area (Å²) in [5.41, 5.74) is 1.20. The van der Waals surface area contributed by atoms with Crippen LogP contribution < -0.4 is 5.32 Å². The van der Waals surface area contributed by atoms with Crippen molar-refractivity contribution >= 4 is 34.8 Å². The number of nitrogens with zero attached hydrogens (tertiary/aromatic N) is 3. The molecule has 2 saturated heterocycles. The summed E-state index contributed by atoms with van der Waals surface area (Å²) in [4.78, 5) is 55.4. The molecule has 0 saturated carbocycles. The molecule has 1 aromatic heterocycles. The van der Waals surface area contributed by atoms with Crippen molar-refractivity contribution in [1.29, 1.82) is 0 Å². The molecule has 0 unspecified atom stereocenters. The largest absolute Gasteiger partial charge is 0.467 e. The van der Waals surface area contributed by atoms with Gasteiger partial charge in [0.1, 0.15) is 17.7 Å². The van der Waals surface area contributed by atoms with E-state index in [-0.39, 0.29) is 24.2 Å². The third-order valence-electron chi connectivity index (χ3n) is 6.56. The van der Waals surface area contributed by atoms with Crippen molar-refractivity contribution in [3.63, 3.8) is 0 Å². The summed E-state index contributed by atoms with van der Waals surface area (Å²) in [5.74, 6) is -1.28. The van der Waals surface area contributed by atoms with Crippen LogP contribution in [0, 0.1) is 6.92 Å². The van der Waals surface area contributed by atoms with Crippen molar-refractivity contribution in [1.82, 2.24) is 25.3 Å². The number of methoxy groups -OCH3 is 1. The van der Waals surface area contributed by atoms with Crippen LogP contribution in [0.4, 0.5) is 4.79 Å². The summed E-state index contributed by atoms with van der Waals surface area (Å²) >= 11 is 0. The van der Waals surface area contributed by atoms with Gasteiger partial charge in [-0.2, -0.15) is 5.10 Å². The Morgan fingerprint density at radius 2 is 1.92 bits per heavy atom. The minimum absolute atomic E-state index is 0.0891. The maximum atomic E-state index is 13.7. The Morgan fingerprint density at radius 3 is 2.61 bits per heavy atom. The van der Waals surface area contributed by atoms with E-state index in [9.17, 15) is 19.2 Å². The topological polar surface area (TPSA) is 134 Å². The molecule has 0 bridgehead atoms.